The van der Waals surface area contributed by atoms with Crippen molar-refractivity contribution in [2.75, 3.05) is 19.5 Å². The van der Waals surface area contributed by atoms with Gasteiger partial charge in [0, 0.05) is 14.1 Å². The third-order valence-electron chi connectivity index (χ3n) is 4.64. The first-order valence-electron chi connectivity index (χ1n) is 9.07. The molecule has 1 heterocycles. The van der Waals surface area contributed by atoms with Crippen LogP contribution < -0.4 is 15.6 Å². The Morgan fingerprint density at radius 1 is 1.24 bits per heavy atom. The van der Waals surface area contributed by atoms with Crippen molar-refractivity contribution in [1.82, 2.24) is 9.36 Å². The number of hydrogen-bond donors (Lipinski definition) is 3. The Hall–Kier alpha value is -2.97. The first-order valence-corrected chi connectivity index (χ1v) is 9.52. The summed E-state index contributed by atoms with van der Waals surface area (Å²) in [6.45, 7) is 0.347. The van der Waals surface area contributed by atoms with Crippen LogP contribution >= 0.6 is 12.6 Å². The molecule has 0 radical (unpaired) electrons. The predicted molar refractivity (Wildman–Crippen MR) is 119 cm³/mol. The van der Waals surface area contributed by atoms with E-state index in [2.05, 4.69) is 22.9 Å². The van der Waals surface area contributed by atoms with Crippen molar-refractivity contribution in [3.05, 3.63) is 76.1 Å². The Bertz CT molecular complexity index is 1070. The van der Waals surface area contributed by atoms with Gasteiger partial charge < -0.3 is 15.2 Å². The zero-order valence-electron chi connectivity index (χ0n) is 16.5. The SMILES string of the molecule is CNc1c(/N=C(\S)C(O)c2ccccc2)n(C)n(Cc2cccc(OC)c2)c1=O. The van der Waals surface area contributed by atoms with Crippen LogP contribution in [0.5, 0.6) is 5.75 Å². The summed E-state index contributed by atoms with van der Waals surface area (Å²) in [7, 11) is 5.01. The zero-order chi connectivity index (χ0) is 21.0. The second-order valence-corrected chi connectivity index (χ2v) is 6.93. The average molecular weight is 413 g/mol. The molecule has 3 aromatic rings. The summed E-state index contributed by atoms with van der Waals surface area (Å²) in [5.74, 6) is 1.11. The number of nitrogens with one attached hydrogen (secondary N) is 1. The summed E-state index contributed by atoms with van der Waals surface area (Å²) in [5.41, 5.74) is 1.71. The molecule has 0 aliphatic rings. The van der Waals surface area contributed by atoms with Crippen LogP contribution in [0.3, 0.4) is 0 Å². The molecule has 2 N–H and O–H groups in total. The normalized spacial score (nSPS) is 12.7. The summed E-state index contributed by atoms with van der Waals surface area (Å²) in [6, 6.07) is 16.7. The van der Waals surface area contributed by atoms with Gasteiger partial charge in [-0.1, -0.05) is 42.5 Å². The molecule has 1 aromatic heterocycles. The zero-order valence-corrected chi connectivity index (χ0v) is 17.4. The van der Waals surface area contributed by atoms with Gasteiger partial charge in [-0.05, 0) is 23.3 Å². The largest absolute Gasteiger partial charge is 0.497 e. The van der Waals surface area contributed by atoms with Crippen LogP contribution in [0.15, 0.2) is 64.4 Å². The molecule has 1 atom stereocenters. The smallest absolute Gasteiger partial charge is 0.292 e. The van der Waals surface area contributed by atoms with Crippen LogP contribution in [-0.4, -0.2) is 33.7 Å². The van der Waals surface area contributed by atoms with E-state index >= 15 is 0 Å². The number of nitrogens with zero attached hydrogens (tertiary/aromatic N) is 3. The van der Waals surface area contributed by atoms with E-state index in [1.807, 2.05) is 42.5 Å². The maximum atomic E-state index is 12.9. The van der Waals surface area contributed by atoms with E-state index in [0.29, 0.717) is 23.6 Å². The molecule has 0 fully saturated rings. The number of aliphatic hydroxyl groups excluding tert-OH is 1. The lowest BCUT2D eigenvalue weighted by Crippen LogP contribution is -2.23. The minimum atomic E-state index is -0.985. The maximum absolute atomic E-state index is 12.9. The Labute approximate surface area is 174 Å². The van der Waals surface area contributed by atoms with Gasteiger partial charge >= 0.3 is 0 Å². The van der Waals surface area contributed by atoms with Crippen LogP contribution in [0.1, 0.15) is 17.2 Å². The van der Waals surface area contributed by atoms with Crippen LogP contribution in [-0.2, 0) is 13.6 Å². The van der Waals surface area contributed by atoms with Gasteiger partial charge in [0.25, 0.3) is 5.56 Å². The first kappa shape index (κ1) is 20.8. The highest BCUT2D eigenvalue weighted by Gasteiger charge is 2.19. The number of ether oxygens (including phenoxy) is 1. The molecule has 29 heavy (non-hydrogen) atoms. The topological polar surface area (TPSA) is 80.8 Å². The lowest BCUT2D eigenvalue weighted by Gasteiger charge is -2.12. The first-order chi connectivity index (χ1) is 14.0. The number of anilines is 1. The number of aliphatic imine (C=N–C) groups is 1. The lowest BCUT2D eigenvalue weighted by atomic mass is 10.1. The van der Waals surface area contributed by atoms with Crippen molar-refractivity contribution < 1.29 is 9.84 Å². The Morgan fingerprint density at radius 2 is 1.97 bits per heavy atom. The number of thiol groups is 1. The fourth-order valence-corrected chi connectivity index (χ4v) is 3.30. The van der Waals surface area contributed by atoms with E-state index in [1.165, 1.54) is 0 Å². The van der Waals surface area contributed by atoms with Crippen LogP contribution in [0, 0.1) is 0 Å². The molecule has 0 saturated heterocycles. The van der Waals surface area contributed by atoms with Gasteiger partial charge in [-0.15, -0.1) is 12.6 Å². The molecule has 0 aliphatic heterocycles. The fourth-order valence-electron chi connectivity index (χ4n) is 3.06. The molecule has 8 heteroatoms. The third-order valence-corrected chi connectivity index (χ3v) is 4.98. The Balaban J connectivity index is 1.99. The van der Waals surface area contributed by atoms with Gasteiger partial charge in [0.05, 0.1) is 13.7 Å². The summed E-state index contributed by atoms with van der Waals surface area (Å²) in [4.78, 5) is 17.4. The standard InChI is InChI=1S/C21H24N4O3S/c1-22-17-19(23-20(29)18(26)15-9-5-4-6-10-15)24(2)25(21(17)27)13-14-8-7-11-16(12-14)28-3/h4-12,18,22,26H,13H2,1-3H3,(H,23,29). The van der Waals surface area contributed by atoms with Crippen molar-refractivity contribution in [1.29, 1.82) is 0 Å². The molecule has 152 valence electrons. The summed E-state index contributed by atoms with van der Waals surface area (Å²) >= 11 is 4.38. The maximum Gasteiger partial charge on any atom is 0.292 e. The van der Waals surface area contributed by atoms with Crippen molar-refractivity contribution >= 4 is 29.2 Å². The second kappa shape index (κ2) is 9.02. The number of hydrogen-bond acceptors (Lipinski definition) is 5. The number of methoxy groups -OCH3 is 1. The molecule has 0 aliphatic carbocycles. The highest BCUT2D eigenvalue weighted by molar-refractivity contribution is 7.97. The number of aromatic nitrogens is 2. The van der Waals surface area contributed by atoms with E-state index in [-0.39, 0.29) is 10.6 Å². The molecular formula is C21H24N4O3S. The monoisotopic (exact) mass is 412 g/mol. The van der Waals surface area contributed by atoms with E-state index in [1.54, 1.807) is 42.7 Å². The minimum absolute atomic E-state index is 0.196. The molecule has 7 nitrogen and oxygen atoms in total. The molecule has 0 amide bonds. The highest BCUT2D eigenvalue weighted by atomic mass is 32.1. The van der Waals surface area contributed by atoms with E-state index in [0.717, 1.165) is 11.3 Å². The van der Waals surface area contributed by atoms with E-state index in [9.17, 15) is 9.90 Å². The van der Waals surface area contributed by atoms with Gasteiger partial charge in [-0.25, -0.2) is 9.67 Å². The molecule has 1 unspecified atom stereocenters. The summed E-state index contributed by atoms with van der Waals surface area (Å²) in [5, 5.41) is 13.7. The number of rotatable bonds is 7. The predicted octanol–water partition coefficient (Wildman–Crippen LogP) is 2.98. The van der Waals surface area contributed by atoms with Gasteiger partial charge in [-0.3, -0.25) is 9.48 Å². The van der Waals surface area contributed by atoms with Crippen LogP contribution in [0.4, 0.5) is 11.5 Å². The summed E-state index contributed by atoms with van der Waals surface area (Å²) < 4.78 is 8.48. The third kappa shape index (κ3) is 4.38. The number of benzene rings is 2. The summed E-state index contributed by atoms with van der Waals surface area (Å²) in [6.07, 6.45) is -0.985. The molecular weight excluding hydrogens is 388 g/mol. The fraction of sp³-hybridized carbons (Fsp3) is 0.238. The molecule has 0 saturated carbocycles. The molecule has 2 aromatic carbocycles. The van der Waals surface area contributed by atoms with E-state index < -0.39 is 6.10 Å². The van der Waals surface area contributed by atoms with Crippen LogP contribution in [0.25, 0.3) is 0 Å². The quantitative estimate of drug-likeness (QED) is 0.317. The van der Waals surface area contributed by atoms with Crippen molar-refractivity contribution in [3.8, 4) is 5.75 Å². The van der Waals surface area contributed by atoms with Crippen molar-refractivity contribution in [2.24, 2.45) is 12.0 Å². The molecule has 0 spiro atoms. The van der Waals surface area contributed by atoms with Crippen molar-refractivity contribution in [2.45, 2.75) is 12.6 Å². The lowest BCUT2D eigenvalue weighted by molar-refractivity contribution is 0.251. The van der Waals surface area contributed by atoms with E-state index in [4.69, 9.17) is 4.74 Å². The Morgan fingerprint density at radius 3 is 2.62 bits per heavy atom. The van der Waals surface area contributed by atoms with Gasteiger partial charge in [0.2, 0.25) is 0 Å². The molecule has 3 rings (SSSR count). The van der Waals surface area contributed by atoms with Gasteiger partial charge in [-0.2, -0.15) is 0 Å². The van der Waals surface area contributed by atoms with Crippen molar-refractivity contribution in [3.63, 3.8) is 0 Å². The average Bonchev–Trinajstić information content (AvgIpc) is 2.97. The molecule has 0 bridgehead atoms. The minimum Gasteiger partial charge on any atom is -0.497 e. The van der Waals surface area contributed by atoms with Gasteiger partial charge in [0.15, 0.2) is 5.82 Å². The van der Waals surface area contributed by atoms with Gasteiger partial charge in [0.1, 0.15) is 22.6 Å². The van der Waals surface area contributed by atoms with Crippen LogP contribution in [0.2, 0.25) is 0 Å². The highest BCUT2D eigenvalue weighted by Crippen LogP contribution is 2.26. The Kier molecular flexibility index (Phi) is 6.46. The number of aliphatic hydroxyl groups is 1. The second-order valence-electron chi connectivity index (χ2n) is 6.47.